The van der Waals surface area contributed by atoms with Crippen molar-refractivity contribution >= 4 is 17.3 Å². The molecule has 0 saturated carbocycles. The van der Waals surface area contributed by atoms with Gasteiger partial charge in [0, 0.05) is 16.6 Å². The topological polar surface area (TPSA) is 21.3 Å². The molecular weight excluding hydrogens is 270 g/mol. The van der Waals surface area contributed by atoms with Crippen molar-refractivity contribution in [2.45, 2.75) is 18.4 Å². The first-order chi connectivity index (χ1) is 9.72. The van der Waals surface area contributed by atoms with Gasteiger partial charge in [-0.15, -0.1) is 6.58 Å². The number of anilines is 1. The fraction of sp³-hybridized carbons (Fsp3) is 0.294. The predicted molar refractivity (Wildman–Crippen MR) is 84.1 cm³/mol. The summed E-state index contributed by atoms with van der Waals surface area (Å²) in [7, 11) is 1.71. The molecule has 104 valence electrons. The number of ether oxygens (including phenoxy) is 1. The van der Waals surface area contributed by atoms with Crippen LogP contribution >= 0.6 is 11.6 Å². The van der Waals surface area contributed by atoms with Gasteiger partial charge in [0.25, 0.3) is 0 Å². The molecule has 20 heavy (non-hydrogen) atoms. The second kappa shape index (κ2) is 5.37. The van der Waals surface area contributed by atoms with E-state index in [9.17, 15) is 0 Å². The number of hydrogen-bond donors (Lipinski definition) is 1. The number of halogens is 1. The number of nitrogens with one attached hydrogen (secondary N) is 1. The van der Waals surface area contributed by atoms with E-state index < -0.39 is 0 Å². The molecule has 1 N–H and O–H groups in total. The third-order valence-electron chi connectivity index (χ3n) is 4.10. The minimum atomic E-state index is 0.282. The van der Waals surface area contributed by atoms with Crippen LogP contribution in [0.2, 0.25) is 5.02 Å². The molecule has 1 aliphatic carbocycles. The first-order valence-electron chi connectivity index (χ1n) is 6.84. The standard InChI is InChI=1S/C17H18ClNO/c1-3-4-13-14-7-5-11(18)9-17(14)19-16-8-6-12(20-2)10-15(13)16/h3,5-10,13,15-16,19H,1,4H2,2H3. The van der Waals surface area contributed by atoms with Gasteiger partial charge >= 0.3 is 0 Å². The van der Waals surface area contributed by atoms with Crippen LogP contribution in [0.1, 0.15) is 17.9 Å². The number of hydrogen-bond acceptors (Lipinski definition) is 2. The third-order valence-corrected chi connectivity index (χ3v) is 4.33. The van der Waals surface area contributed by atoms with Crippen molar-refractivity contribution in [1.82, 2.24) is 0 Å². The highest BCUT2D eigenvalue weighted by atomic mass is 35.5. The van der Waals surface area contributed by atoms with E-state index in [0.29, 0.717) is 11.8 Å². The molecule has 3 heteroatoms. The lowest BCUT2D eigenvalue weighted by molar-refractivity contribution is 0.294. The lowest BCUT2D eigenvalue weighted by atomic mass is 9.74. The first kappa shape index (κ1) is 13.3. The Morgan fingerprint density at radius 2 is 2.30 bits per heavy atom. The van der Waals surface area contributed by atoms with E-state index in [4.69, 9.17) is 16.3 Å². The van der Waals surface area contributed by atoms with Crippen LogP contribution in [0, 0.1) is 5.92 Å². The Bertz CT molecular complexity index is 591. The molecule has 1 aliphatic heterocycles. The fourth-order valence-electron chi connectivity index (χ4n) is 3.15. The fourth-order valence-corrected chi connectivity index (χ4v) is 3.32. The zero-order chi connectivity index (χ0) is 14.1. The Labute approximate surface area is 124 Å². The van der Waals surface area contributed by atoms with Crippen LogP contribution in [0.5, 0.6) is 0 Å². The van der Waals surface area contributed by atoms with Gasteiger partial charge in [-0.05, 0) is 42.2 Å². The van der Waals surface area contributed by atoms with Gasteiger partial charge in [-0.25, -0.2) is 0 Å². The highest BCUT2D eigenvalue weighted by molar-refractivity contribution is 6.30. The Balaban J connectivity index is 2.05. The number of benzene rings is 1. The molecule has 1 aromatic rings. The van der Waals surface area contributed by atoms with Gasteiger partial charge in [0.15, 0.2) is 0 Å². The summed E-state index contributed by atoms with van der Waals surface area (Å²) < 4.78 is 5.37. The van der Waals surface area contributed by atoms with Gasteiger partial charge in [0.1, 0.15) is 5.76 Å². The SMILES string of the molecule is C=CCC1c2ccc(Cl)cc2NC2C=CC(OC)=CC21. The summed E-state index contributed by atoms with van der Waals surface area (Å²) in [5.41, 5.74) is 2.43. The van der Waals surface area contributed by atoms with Crippen molar-refractivity contribution in [2.75, 3.05) is 12.4 Å². The lowest BCUT2D eigenvalue weighted by Gasteiger charge is -2.39. The Hall–Kier alpha value is -1.67. The summed E-state index contributed by atoms with van der Waals surface area (Å²) in [5, 5.41) is 4.33. The average Bonchev–Trinajstić information content (AvgIpc) is 2.46. The minimum Gasteiger partial charge on any atom is -0.497 e. The molecule has 0 saturated heterocycles. The summed E-state index contributed by atoms with van der Waals surface area (Å²) in [5.74, 6) is 1.71. The summed E-state index contributed by atoms with van der Waals surface area (Å²) in [4.78, 5) is 0. The zero-order valence-electron chi connectivity index (χ0n) is 11.5. The van der Waals surface area contributed by atoms with Crippen molar-refractivity contribution < 1.29 is 4.74 Å². The van der Waals surface area contributed by atoms with Gasteiger partial charge in [-0.2, -0.15) is 0 Å². The van der Waals surface area contributed by atoms with Gasteiger partial charge in [0.2, 0.25) is 0 Å². The van der Waals surface area contributed by atoms with Gasteiger partial charge in [0.05, 0.1) is 13.2 Å². The van der Waals surface area contributed by atoms with Crippen molar-refractivity contribution in [3.8, 4) is 0 Å². The molecule has 3 unspecified atom stereocenters. The van der Waals surface area contributed by atoms with Crippen LogP contribution in [0.15, 0.2) is 54.8 Å². The smallest absolute Gasteiger partial charge is 0.115 e. The van der Waals surface area contributed by atoms with Gasteiger partial charge in [-0.3, -0.25) is 0 Å². The van der Waals surface area contributed by atoms with E-state index in [2.05, 4.69) is 30.1 Å². The molecule has 1 aromatic carbocycles. The van der Waals surface area contributed by atoms with E-state index in [1.165, 1.54) is 5.56 Å². The molecule has 0 aromatic heterocycles. The van der Waals surface area contributed by atoms with Gasteiger partial charge in [-0.1, -0.05) is 29.8 Å². The minimum absolute atomic E-state index is 0.282. The summed E-state index contributed by atoms with van der Waals surface area (Å²) in [6.07, 6.45) is 9.34. The number of methoxy groups -OCH3 is 1. The van der Waals surface area contributed by atoms with Crippen LogP contribution in [0.3, 0.4) is 0 Å². The summed E-state index contributed by atoms with van der Waals surface area (Å²) in [6.45, 7) is 3.91. The molecule has 3 atom stereocenters. The van der Waals surface area contributed by atoms with Crippen molar-refractivity contribution in [1.29, 1.82) is 0 Å². The van der Waals surface area contributed by atoms with Gasteiger partial charge < -0.3 is 10.1 Å². The number of fused-ring (bicyclic) bond motifs is 2. The van der Waals surface area contributed by atoms with Crippen LogP contribution in [0.25, 0.3) is 0 Å². The van der Waals surface area contributed by atoms with E-state index in [0.717, 1.165) is 22.9 Å². The number of allylic oxidation sites excluding steroid dienone is 2. The second-order valence-corrected chi connectivity index (χ2v) is 5.68. The Morgan fingerprint density at radius 1 is 1.45 bits per heavy atom. The zero-order valence-corrected chi connectivity index (χ0v) is 12.2. The monoisotopic (exact) mass is 287 g/mol. The maximum Gasteiger partial charge on any atom is 0.115 e. The maximum absolute atomic E-state index is 6.11. The quantitative estimate of drug-likeness (QED) is 0.826. The Kier molecular flexibility index (Phi) is 3.58. The molecule has 3 rings (SSSR count). The van der Waals surface area contributed by atoms with Crippen LogP contribution < -0.4 is 5.32 Å². The molecule has 0 radical (unpaired) electrons. The first-order valence-corrected chi connectivity index (χ1v) is 7.21. The normalized spacial score (nSPS) is 26.9. The van der Waals surface area contributed by atoms with E-state index >= 15 is 0 Å². The molecule has 0 bridgehead atoms. The number of rotatable bonds is 3. The second-order valence-electron chi connectivity index (χ2n) is 5.24. The Morgan fingerprint density at radius 3 is 3.05 bits per heavy atom. The third kappa shape index (κ3) is 2.25. The van der Waals surface area contributed by atoms with Crippen LogP contribution in [0.4, 0.5) is 5.69 Å². The van der Waals surface area contributed by atoms with Crippen molar-refractivity contribution in [3.63, 3.8) is 0 Å². The maximum atomic E-state index is 6.11. The summed E-state index contributed by atoms with van der Waals surface area (Å²) >= 11 is 6.11. The molecule has 0 amide bonds. The van der Waals surface area contributed by atoms with Crippen molar-refractivity contribution in [2.24, 2.45) is 5.92 Å². The summed E-state index contributed by atoms with van der Waals surface area (Å²) in [6, 6.07) is 6.36. The molecular formula is C17H18ClNO. The highest BCUT2D eigenvalue weighted by Gasteiger charge is 2.35. The molecule has 0 fully saturated rings. The van der Waals surface area contributed by atoms with Crippen LogP contribution in [-0.2, 0) is 4.74 Å². The van der Waals surface area contributed by atoms with E-state index in [-0.39, 0.29) is 6.04 Å². The average molecular weight is 288 g/mol. The molecule has 1 heterocycles. The lowest BCUT2D eigenvalue weighted by Crippen LogP contribution is -2.37. The van der Waals surface area contributed by atoms with E-state index in [1.807, 2.05) is 24.3 Å². The molecule has 0 spiro atoms. The van der Waals surface area contributed by atoms with E-state index in [1.54, 1.807) is 7.11 Å². The highest BCUT2D eigenvalue weighted by Crippen LogP contribution is 2.44. The van der Waals surface area contributed by atoms with Crippen LogP contribution in [-0.4, -0.2) is 13.2 Å². The van der Waals surface area contributed by atoms with Crippen molar-refractivity contribution in [3.05, 3.63) is 65.4 Å². The molecule has 2 aliphatic rings. The molecule has 2 nitrogen and oxygen atoms in total. The largest absolute Gasteiger partial charge is 0.497 e. The predicted octanol–water partition coefficient (Wildman–Crippen LogP) is 4.51.